The van der Waals surface area contributed by atoms with Gasteiger partial charge in [-0.1, -0.05) is 68.7 Å². The van der Waals surface area contributed by atoms with Gasteiger partial charge in [-0.3, -0.25) is 9.59 Å². The van der Waals surface area contributed by atoms with Crippen LogP contribution in [0.15, 0.2) is 54.6 Å². The SMILES string of the molecule is CCC(C)N(C(=O)C(Cc1ccccc1)NC(=O)OC(C)(C)C)C(C(=O)NC1CCCCC1)c1ccc(O)cc1. The third-order valence-electron chi connectivity index (χ3n) is 7.28. The molecule has 3 atom stereocenters. The van der Waals surface area contributed by atoms with Gasteiger partial charge >= 0.3 is 6.09 Å². The number of nitrogens with zero attached hydrogens (tertiary/aromatic N) is 1. The Morgan fingerprint density at radius 3 is 2.20 bits per heavy atom. The van der Waals surface area contributed by atoms with Crippen LogP contribution in [0.2, 0.25) is 0 Å². The summed E-state index contributed by atoms with van der Waals surface area (Å²) in [5, 5.41) is 15.9. The highest BCUT2D eigenvalue weighted by Crippen LogP contribution is 2.29. The molecule has 0 heterocycles. The van der Waals surface area contributed by atoms with Crippen LogP contribution in [0.25, 0.3) is 0 Å². The molecule has 2 aromatic carbocycles. The zero-order valence-corrected chi connectivity index (χ0v) is 24.5. The van der Waals surface area contributed by atoms with Gasteiger partial charge in [0.25, 0.3) is 0 Å². The van der Waals surface area contributed by atoms with Crippen molar-refractivity contribution in [3.8, 4) is 5.75 Å². The molecule has 0 saturated heterocycles. The van der Waals surface area contributed by atoms with Crippen molar-refractivity contribution in [2.75, 3.05) is 0 Å². The first-order valence-electron chi connectivity index (χ1n) is 14.4. The number of nitrogens with one attached hydrogen (secondary N) is 2. The van der Waals surface area contributed by atoms with Gasteiger partial charge < -0.3 is 25.4 Å². The number of benzene rings is 2. The molecular weight excluding hydrogens is 506 g/mol. The van der Waals surface area contributed by atoms with Crippen LogP contribution in [-0.2, 0) is 20.7 Å². The van der Waals surface area contributed by atoms with Crippen LogP contribution in [0.5, 0.6) is 5.75 Å². The van der Waals surface area contributed by atoms with Gasteiger partial charge in [-0.25, -0.2) is 4.79 Å². The third-order valence-corrected chi connectivity index (χ3v) is 7.28. The van der Waals surface area contributed by atoms with Crippen molar-refractivity contribution in [1.82, 2.24) is 15.5 Å². The number of aromatic hydroxyl groups is 1. The largest absolute Gasteiger partial charge is 0.508 e. The molecule has 3 unspecified atom stereocenters. The molecule has 1 saturated carbocycles. The second-order valence-electron chi connectivity index (χ2n) is 11.7. The van der Waals surface area contributed by atoms with Gasteiger partial charge in [0.15, 0.2) is 0 Å². The number of rotatable bonds is 10. The van der Waals surface area contributed by atoms with Crippen LogP contribution in [0, 0.1) is 0 Å². The maximum Gasteiger partial charge on any atom is 0.408 e. The van der Waals surface area contributed by atoms with Crippen molar-refractivity contribution >= 4 is 17.9 Å². The number of amides is 3. The van der Waals surface area contributed by atoms with Crippen molar-refractivity contribution in [1.29, 1.82) is 0 Å². The van der Waals surface area contributed by atoms with Gasteiger partial charge in [0, 0.05) is 18.5 Å². The number of carbonyl (C=O) groups is 3. The topological polar surface area (TPSA) is 108 Å². The number of phenolic OH excluding ortho intramolecular Hbond substituents is 1. The van der Waals surface area contributed by atoms with Crippen molar-refractivity contribution in [3.63, 3.8) is 0 Å². The molecule has 3 amide bonds. The Morgan fingerprint density at radius 2 is 1.62 bits per heavy atom. The molecule has 0 bridgehead atoms. The van der Waals surface area contributed by atoms with Crippen molar-refractivity contribution in [3.05, 3.63) is 65.7 Å². The van der Waals surface area contributed by atoms with E-state index in [1.807, 2.05) is 44.2 Å². The number of hydrogen-bond donors (Lipinski definition) is 3. The summed E-state index contributed by atoms with van der Waals surface area (Å²) in [5.74, 6) is -0.562. The zero-order valence-electron chi connectivity index (χ0n) is 24.5. The molecule has 0 aliphatic heterocycles. The normalized spacial score (nSPS) is 16.3. The van der Waals surface area contributed by atoms with Gasteiger partial charge in [0.05, 0.1) is 0 Å². The van der Waals surface area contributed by atoms with Gasteiger partial charge in [-0.15, -0.1) is 0 Å². The molecule has 1 fully saturated rings. The molecule has 0 spiro atoms. The minimum Gasteiger partial charge on any atom is -0.508 e. The molecule has 8 heteroatoms. The van der Waals surface area contributed by atoms with E-state index in [0.29, 0.717) is 12.0 Å². The highest BCUT2D eigenvalue weighted by Gasteiger charge is 2.39. The van der Waals surface area contributed by atoms with Crippen LogP contribution < -0.4 is 10.6 Å². The fourth-order valence-electron chi connectivity index (χ4n) is 5.10. The fraction of sp³-hybridized carbons (Fsp3) is 0.531. The molecule has 2 aromatic rings. The Hall–Kier alpha value is -3.55. The molecule has 1 aliphatic carbocycles. The number of phenols is 1. The van der Waals surface area contributed by atoms with Crippen LogP contribution in [0.1, 0.15) is 90.3 Å². The number of carbonyl (C=O) groups excluding carboxylic acids is 3. The zero-order chi connectivity index (χ0) is 29.3. The summed E-state index contributed by atoms with van der Waals surface area (Å²) in [6.07, 6.45) is 5.22. The molecule has 0 aromatic heterocycles. The lowest BCUT2D eigenvalue weighted by atomic mass is 9.94. The predicted molar refractivity (Wildman–Crippen MR) is 156 cm³/mol. The maximum absolute atomic E-state index is 14.5. The second kappa shape index (κ2) is 14.2. The number of hydrogen-bond acceptors (Lipinski definition) is 5. The average molecular weight is 552 g/mol. The summed E-state index contributed by atoms with van der Waals surface area (Å²) in [4.78, 5) is 42.9. The number of alkyl carbamates (subject to hydrolysis) is 1. The van der Waals surface area contributed by atoms with Crippen LogP contribution in [0.4, 0.5) is 4.79 Å². The predicted octanol–water partition coefficient (Wildman–Crippen LogP) is 5.65. The summed E-state index contributed by atoms with van der Waals surface area (Å²) < 4.78 is 5.50. The highest BCUT2D eigenvalue weighted by molar-refractivity contribution is 5.92. The number of ether oxygens (including phenoxy) is 1. The first-order chi connectivity index (χ1) is 19.0. The van der Waals surface area contributed by atoms with E-state index in [2.05, 4.69) is 10.6 Å². The molecular formula is C32H45N3O5. The first kappa shape index (κ1) is 31.0. The maximum atomic E-state index is 14.5. The van der Waals surface area contributed by atoms with E-state index in [0.717, 1.165) is 37.7 Å². The van der Waals surface area contributed by atoms with E-state index >= 15 is 0 Å². The van der Waals surface area contributed by atoms with Gasteiger partial charge in [0.2, 0.25) is 11.8 Å². The first-order valence-corrected chi connectivity index (χ1v) is 14.4. The summed E-state index contributed by atoms with van der Waals surface area (Å²) in [5.41, 5.74) is 0.722. The Bertz CT molecular complexity index is 1110. The Labute approximate surface area is 238 Å². The monoisotopic (exact) mass is 551 g/mol. The van der Waals surface area contributed by atoms with E-state index in [-0.39, 0.29) is 36.1 Å². The van der Waals surface area contributed by atoms with Crippen LogP contribution in [0.3, 0.4) is 0 Å². The van der Waals surface area contributed by atoms with E-state index in [1.54, 1.807) is 37.8 Å². The minimum atomic E-state index is -0.964. The summed E-state index contributed by atoms with van der Waals surface area (Å²) in [6.45, 7) is 9.17. The summed E-state index contributed by atoms with van der Waals surface area (Å²) in [6, 6.07) is 13.7. The summed E-state index contributed by atoms with van der Waals surface area (Å²) in [7, 11) is 0. The lowest BCUT2D eigenvalue weighted by Crippen LogP contribution is -2.56. The molecule has 3 rings (SSSR count). The van der Waals surface area contributed by atoms with Crippen LogP contribution in [-0.4, -0.2) is 51.6 Å². The highest BCUT2D eigenvalue weighted by atomic mass is 16.6. The minimum absolute atomic E-state index is 0.0507. The average Bonchev–Trinajstić information content (AvgIpc) is 2.91. The fourth-order valence-corrected chi connectivity index (χ4v) is 5.10. The van der Waals surface area contributed by atoms with Crippen LogP contribution >= 0.6 is 0 Å². The molecule has 218 valence electrons. The van der Waals surface area contributed by atoms with Gasteiger partial charge in [-0.2, -0.15) is 0 Å². The van der Waals surface area contributed by atoms with Crippen molar-refractivity contribution in [2.24, 2.45) is 0 Å². The second-order valence-corrected chi connectivity index (χ2v) is 11.7. The van der Waals surface area contributed by atoms with E-state index < -0.39 is 23.8 Å². The Morgan fingerprint density at radius 1 is 1.00 bits per heavy atom. The van der Waals surface area contributed by atoms with Crippen molar-refractivity contribution < 1.29 is 24.2 Å². The van der Waals surface area contributed by atoms with Crippen molar-refractivity contribution in [2.45, 2.75) is 109 Å². The van der Waals surface area contributed by atoms with E-state index in [4.69, 9.17) is 4.74 Å². The Kier molecular flexibility index (Phi) is 11.0. The Balaban J connectivity index is 2.02. The molecule has 8 nitrogen and oxygen atoms in total. The molecule has 3 N–H and O–H groups in total. The van der Waals surface area contributed by atoms with Gasteiger partial charge in [0.1, 0.15) is 23.4 Å². The standard InChI is InChI=1S/C32H45N3O5/c1-6-22(2)35(28(24-17-19-26(36)20-18-24)29(37)33-25-15-11-8-12-16-25)30(38)27(21-23-13-9-7-10-14-23)34-31(39)40-32(3,4)5/h7,9-10,13-14,17-20,22,25,27-28,36H,6,8,11-12,15-16,21H2,1-5H3,(H,33,37)(H,34,39). The lowest BCUT2D eigenvalue weighted by Gasteiger charge is -2.39. The van der Waals surface area contributed by atoms with Gasteiger partial charge in [-0.05, 0) is 70.2 Å². The quantitative estimate of drug-likeness (QED) is 0.354. The molecule has 1 aliphatic rings. The molecule has 0 radical (unpaired) electrons. The molecule has 40 heavy (non-hydrogen) atoms. The van der Waals surface area contributed by atoms with E-state index in [9.17, 15) is 19.5 Å². The summed E-state index contributed by atoms with van der Waals surface area (Å²) >= 11 is 0. The lowest BCUT2D eigenvalue weighted by molar-refractivity contribution is -0.145. The third kappa shape index (κ3) is 9.00. The van der Waals surface area contributed by atoms with E-state index in [1.165, 1.54) is 12.1 Å². The smallest absolute Gasteiger partial charge is 0.408 e.